The number of benzene rings is 1. The van der Waals surface area contributed by atoms with Gasteiger partial charge in [-0.2, -0.15) is 0 Å². The Hall–Kier alpha value is -1.79. The SMILES string of the molecule is Cc1ccc(C#CCO)cc1C(=O)NC1C(C)(C)C1(C)C. The van der Waals surface area contributed by atoms with Gasteiger partial charge in [0.15, 0.2) is 0 Å². The van der Waals surface area contributed by atoms with E-state index in [1.165, 1.54) is 0 Å². The van der Waals surface area contributed by atoms with Gasteiger partial charge in [-0.3, -0.25) is 4.79 Å². The molecule has 3 heteroatoms. The van der Waals surface area contributed by atoms with Crippen LogP contribution < -0.4 is 5.32 Å². The molecule has 112 valence electrons. The van der Waals surface area contributed by atoms with Crippen LogP contribution in [-0.4, -0.2) is 23.7 Å². The summed E-state index contributed by atoms with van der Waals surface area (Å²) in [6.45, 7) is 10.4. The van der Waals surface area contributed by atoms with E-state index in [1.807, 2.05) is 19.1 Å². The summed E-state index contributed by atoms with van der Waals surface area (Å²) < 4.78 is 0. The quantitative estimate of drug-likeness (QED) is 0.820. The third-order valence-electron chi connectivity index (χ3n) is 5.09. The van der Waals surface area contributed by atoms with Crippen LogP contribution in [-0.2, 0) is 0 Å². The number of carbonyl (C=O) groups is 1. The van der Waals surface area contributed by atoms with Crippen molar-refractivity contribution in [1.82, 2.24) is 5.32 Å². The van der Waals surface area contributed by atoms with Crippen LogP contribution in [0.5, 0.6) is 0 Å². The molecule has 1 amide bonds. The maximum atomic E-state index is 12.5. The van der Waals surface area contributed by atoms with E-state index in [2.05, 4.69) is 44.9 Å². The summed E-state index contributed by atoms with van der Waals surface area (Å²) in [5.74, 6) is 5.39. The maximum absolute atomic E-state index is 12.5. The van der Waals surface area contributed by atoms with Crippen molar-refractivity contribution in [2.45, 2.75) is 40.7 Å². The van der Waals surface area contributed by atoms with Crippen molar-refractivity contribution in [3.63, 3.8) is 0 Å². The summed E-state index contributed by atoms with van der Waals surface area (Å²) in [5.41, 5.74) is 2.56. The van der Waals surface area contributed by atoms with E-state index in [0.29, 0.717) is 5.56 Å². The third-order valence-corrected chi connectivity index (χ3v) is 5.09. The largest absolute Gasteiger partial charge is 0.384 e. The highest BCUT2D eigenvalue weighted by Gasteiger charge is 2.65. The van der Waals surface area contributed by atoms with Crippen molar-refractivity contribution in [3.05, 3.63) is 34.9 Å². The third kappa shape index (κ3) is 2.69. The Morgan fingerprint density at radius 3 is 2.43 bits per heavy atom. The molecule has 1 aromatic carbocycles. The first-order valence-corrected chi connectivity index (χ1v) is 7.23. The van der Waals surface area contributed by atoms with Gasteiger partial charge in [0, 0.05) is 17.2 Å². The summed E-state index contributed by atoms with van der Waals surface area (Å²) >= 11 is 0. The fourth-order valence-electron chi connectivity index (χ4n) is 2.85. The van der Waals surface area contributed by atoms with Crippen LogP contribution in [0.3, 0.4) is 0 Å². The second kappa shape index (κ2) is 5.20. The molecule has 2 N–H and O–H groups in total. The highest BCUT2D eigenvalue weighted by Crippen LogP contribution is 2.62. The molecule has 0 bridgehead atoms. The maximum Gasteiger partial charge on any atom is 0.251 e. The van der Waals surface area contributed by atoms with Gasteiger partial charge in [0.05, 0.1) is 0 Å². The number of aliphatic hydroxyl groups is 1. The van der Waals surface area contributed by atoms with E-state index >= 15 is 0 Å². The number of hydrogen-bond donors (Lipinski definition) is 2. The molecule has 0 saturated heterocycles. The Bertz CT molecular complexity index is 618. The highest BCUT2D eigenvalue weighted by molar-refractivity contribution is 5.96. The minimum absolute atomic E-state index is 0.0520. The average molecular weight is 285 g/mol. The second-order valence-corrected chi connectivity index (χ2v) is 6.84. The summed E-state index contributed by atoms with van der Waals surface area (Å²) in [7, 11) is 0. The molecule has 1 aromatic rings. The van der Waals surface area contributed by atoms with Crippen LogP contribution in [0, 0.1) is 29.6 Å². The normalized spacial score (nSPS) is 18.6. The van der Waals surface area contributed by atoms with Crippen molar-refractivity contribution < 1.29 is 9.90 Å². The molecule has 0 spiro atoms. The standard InChI is InChI=1S/C18H23NO2/c1-12-8-9-13(7-6-10-20)11-14(12)15(21)19-16-17(2,3)18(16,4)5/h8-9,11,16,20H,10H2,1-5H3,(H,19,21). The lowest BCUT2D eigenvalue weighted by atomic mass is 10.0. The number of amides is 1. The molecule has 1 saturated carbocycles. The number of rotatable bonds is 2. The summed E-state index contributed by atoms with van der Waals surface area (Å²) in [4.78, 5) is 12.5. The Morgan fingerprint density at radius 2 is 1.90 bits per heavy atom. The first kappa shape index (κ1) is 15.6. The van der Waals surface area contributed by atoms with Crippen molar-refractivity contribution >= 4 is 5.91 Å². The van der Waals surface area contributed by atoms with E-state index in [0.717, 1.165) is 11.1 Å². The van der Waals surface area contributed by atoms with Gasteiger partial charge >= 0.3 is 0 Å². The zero-order chi connectivity index (χ0) is 15.8. The number of nitrogens with one attached hydrogen (secondary N) is 1. The molecule has 3 nitrogen and oxygen atoms in total. The van der Waals surface area contributed by atoms with Gasteiger partial charge in [0.2, 0.25) is 0 Å². The number of aryl methyl sites for hydroxylation is 1. The monoisotopic (exact) mass is 285 g/mol. The van der Waals surface area contributed by atoms with Gasteiger partial charge in [-0.05, 0) is 35.4 Å². The molecule has 0 atom stereocenters. The van der Waals surface area contributed by atoms with Gasteiger partial charge in [0.1, 0.15) is 6.61 Å². The van der Waals surface area contributed by atoms with Crippen molar-refractivity contribution in [1.29, 1.82) is 0 Å². The first-order valence-electron chi connectivity index (χ1n) is 7.23. The van der Waals surface area contributed by atoms with E-state index < -0.39 is 0 Å². The first-order chi connectivity index (χ1) is 9.71. The predicted molar refractivity (Wildman–Crippen MR) is 84.0 cm³/mol. The topological polar surface area (TPSA) is 49.3 Å². The van der Waals surface area contributed by atoms with Crippen LogP contribution in [0.15, 0.2) is 18.2 Å². The highest BCUT2D eigenvalue weighted by atomic mass is 16.2. The number of aliphatic hydroxyl groups excluding tert-OH is 1. The van der Waals surface area contributed by atoms with Crippen molar-refractivity contribution in [3.8, 4) is 11.8 Å². The predicted octanol–water partition coefficient (Wildman–Crippen LogP) is 2.50. The molecule has 1 fully saturated rings. The Morgan fingerprint density at radius 1 is 1.29 bits per heavy atom. The molecular formula is C18H23NO2. The van der Waals surface area contributed by atoms with Crippen LogP contribution in [0.25, 0.3) is 0 Å². The molecule has 0 radical (unpaired) electrons. The average Bonchev–Trinajstić information content (AvgIpc) is 2.80. The molecule has 21 heavy (non-hydrogen) atoms. The molecule has 1 aliphatic rings. The molecule has 0 aliphatic heterocycles. The lowest BCUT2D eigenvalue weighted by molar-refractivity contribution is 0.0943. The number of hydrogen-bond acceptors (Lipinski definition) is 2. The fraction of sp³-hybridized carbons (Fsp3) is 0.500. The van der Waals surface area contributed by atoms with Gasteiger partial charge < -0.3 is 10.4 Å². The summed E-state index contributed by atoms with van der Waals surface area (Å²) in [6.07, 6.45) is 0. The molecule has 0 heterocycles. The van der Waals surface area contributed by atoms with Gasteiger partial charge in [0.25, 0.3) is 5.91 Å². The van der Waals surface area contributed by atoms with Gasteiger partial charge in [-0.25, -0.2) is 0 Å². The van der Waals surface area contributed by atoms with Crippen LogP contribution >= 0.6 is 0 Å². The van der Waals surface area contributed by atoms with Crippen molar-refractivity contribution in [2.24, 2.45) is 10.8 Å². The fourth-order valence-corrected chi connectivity index (χ4v) is 2.85. The Labute approximate surface area is 126 Å². The minimum atomic E-state index is -0.181. The minimum Gasteiger partial charge on any atom is -0.384 e. The Kier molecular flexibility index (Phi) is 3.86. The van der Waals surface area contributed by atoms with E-state index in [-0.39, 0.29) is 29.4 Å². The van der Waals surface area contributed by atoms with Crippen LogP contribution in [0.4, 0.5) is 0 Å². The number of carbonyl (C=O) groups excluding carboxylic acids is 1. The molecule has 1 aliphatic carbocycles. The van der Waals surface area contributed by atoms with E-state index in [4.69, 9.17) is 5.11 Å². The van der Waals surface area contributed by atoms with Crippen LogP contribution in [0.2, 0.25) is 0 Å². The zero-order valence-corrected chi connectivity index (χ0v) is 13.4. The second-order valence-electron chi connectivity index (χ2n) is 6.84. The molecule has 0 unspecified atom stereocenters. The Balaban J connectivity index is 2.20. The molecule has 0 aromatic heterocycles. The van der Waals surface area contributed by atoms with Gasteiger partial charge in [-0.1, -0.05) is 45.6 Å². The lowest BCUT2D eigenvalue weighted by Crippen LogP contribution is -2.30. The van der Waals surface area contributed by atoms with Crippen LogP contribution in [0.1, 0.15) is 49.2 Å². The molecular weight excluding hydrogens is 262 g/mol. The lowest BCUT2D eigenvalue weighted by Gasteiger charge is -2.09. The van der Waals surface area contributed by atoms with E-state index in [9.17, 15) is 4.79 Å². The van der Waals surface area contributed by atoms with Gasteiger partial charge in [-0.15, -0.1) is 0 Å². The van der Waals surface area contributed by atoms with E-state index in [1.54, 1.807) is 6.07 Å². The summed E-state index contributed by atoms with van der Waals surface area (Å²) in [5, 5.41) is 11.9. The zero-order valence-electron chi connectivity index (χ0n) is 13.4. The smallest absolute Gasteiger partial charge is 0.251 e. The summed E-state index contributed by atoms with van der Waals surface area (Å²) in [6, 6.07) is 5.72. The van der Waals surface area contributed by atoms with Crippen molar-refractivity contribution in [2.75, 3.05) is 6.61 Å². The molecule has 2 rings (SSSR count).